The van der Waals surface area contributed by atoms with E-state index in [1.807, 2.05) is 18.2 Å². The van der Waals surface area contributed by atoms with E-state index in [0.717, 1.165) is 12.1 Å². The minimum absolute atomic E-state index is 0.00757. The zero-order chi connectivity index (χ0) is 13.7. The molecule has 1 amide bonds. The molecule has 2 rings (SSSR count). The van der Waals surface area contributed by atoms with Crippen molar-refractivity contribution in [3.05, 3.63) is 23.8 Å². The van der Waals surface area contributed by atoms with Gasteiger partial charge in [-0.2, -0.15) is 0 Å². The number of carbonyl (C=O) groups is 1. The molecule has 0 saturated heterocycles. The van der Waals surface area contributed by atoms with Gasteiger partial charge in [-0.3, -0.25) is 4.79 Å². The van der Waals surface area contributed by atoms with Gasteiger partial charge in [0.2, 0.25) is 0 Å². The summed E-state index contributed by atoms with van der Waals surface area (Å²) in [6.07, 6.45) is 2.52. The Balaban J connectivity index is 1.99. The van der Waals surface area contributed by atoms with E-state index in [2.05, 4.69) is 10.6 Å². The lowest BCUT2D eigenvalue weighted by Crippen LogP contribution is -2.25. The molecule has 0 spiro atoms. The SMILES string of the molecule is CNC(=O)COc1cc(CNC2CC2)ccc1OC. The van der Waals surface area contributed by atoms with E-state index >= 15 is 0 Å². The molecule has 5 nitrogen and oxygen atoms in total. The van der Waals surface area contributed by atoms with Crippen LogP contribution in [0.4, 0.5) is 0 Å². The smallest absolute Gasteiger partial charge is 0.257 e. The molecule has 1 aliphatic rings. The first-order chi connectivity index (χ1) is 9.22. The summed E-state index contributed by atoms with van der Waals surface area (Å²) in [7, 11) is 3.17. The molecule has 0 heterocycles. The highest BCUT2D eigenvalue weighted by molar-refractivity contribution is 5.77. The van der Waals surface area contributed by atoms with Crippen molar-refractivity contribution in [2.45, 2.75) is 25.4 Å². The zero-order valence-electron chi connectivity index (χ0n) is 11.4. The number of amides is 1. The number of hydrogen-bond donors (Lipinski definition) is 2. The van der Waals surface area contributed by atoms with E-state index in [9.17, 15) is 4.79 Å². The third kappa shape index (κ3) is 4.13. The first-order valence-electron chi connectivity index (χ1n) is 6.46. The number of likely N-dealkylation sites (N-methyl/N-ethyl adjacent to an activating group) is 1. The quantitative estimate of drug-likeness (QED) is 0.773. The topological polar surface area (TPSA) is 59.6 Å². The summed E-state index contributed by atoms with van der Waals surface area (Å²) in [6.45, 7) is 0.803. The van der Waals surface area contributed by atoms with E-state index < -0.39 is 0 Å². The highest BCUT2D eigenvalue weighted by atomic mass is 16.5. The summed E-state index contributed by atoms with van der Waals surface area (Å²) in [4.78, 5) is 11.2. The van der Waals surface area contributed by atoms with Gasteiger partial charge in [-0.1, -0.05) is 6.07 Å². The van der Waals surface area contributed by atoms with E-state index in [1.54, 1.807) is 14.2 Å². The van der Waals surface area contributed by atoms with Crippen LogP contribution in [-0.2, 0) is 11.3 Å². The van der Waals surface area contributed by atoms with Crippen molar-refractivity contribution < 1.29 is 14.3 Å². The Morgan fingerprint density at radius 2 is 2.16 bits per heavy atom. The van der Waals surface area contributed by atoms with Crippen molar-refractivity contribution in [3.8, 4) is 11.5 Å². The van der Waals surface area contributed by atoms with Crippen LogP contribution < -0.4 is 20.1 Å². The minimum Gasteiger partial charge on any atom is -0.493 e. The lowest BCUT2D eigenvalue weighted by atomic mass is 10.2. The molecule has 0 aromatic heterocycles. The Hall–Kier alpha value is -1.75. The highest BCUT2D eigenvalue weighted by Gasteiger charge is 2.20. The number of hydrogen-bond acceptors (Lipinski definition) is 4. The summed E-state index contributed by atoms with van der Waals surface area (Å²) < 4.78 is 10.7. The number of benzene rings is 1. The maximum Gasteiger partial charge on any atom is 0.257 e. The van der Waals surface area contributed by atoms with Crippen molar-refractivity contribution in [2.75, 3.05) is 20.8 Å². The molecule has 1 fully saturated rings. The first-order valence-corrected chi connectivity index (χ1v) is 6.46. The second-order valence-corrected chi connectivity index (χ2v) is 4.60. The Bertz CT molecular complexity index is 444. The van der Waals surface area contributed by atoms with Crippen LogP contribution in [0.15, 0.2) is 18.2 Å². The molecule has 104 valence electrons. The van der Waals surface area contributed by atoms with E-state index in [1.165, 1.54) is 12.8 Å². The lowest BCUT2D eigenvalue weighted by Gasteiger charge is -2.12. The predicted molar refractivity (Wildman–Crippen MR) is 72.4 cm³/mol. The lowest BCUT2D eigenvalue weighted by molar-refractivity contribution is -0.122. The monoisotopic (exact) mass is 264 g/mol. The summed E-state index contributed by atoms with van der Waals surface area (Å²) >= 11 is 0. The summed E-state index contributed by atoms with van der Waals surface area (Å²) in [6, 6.07) is 6.44. The van der Waals surface area contributed by atoms with Crippen LogP contribution in [0, 0.1) is 0 Å². The van der Waals surface area contributed by atoms with Crippen molar-refractivity contribution in [1.29, 1.82) is 0 Å². The van der Waals surface area contributed by atoms with Crippen LogP contribution >= 0.6 is 0 Å². The second kappa shape index (κ2) is 6.43. The molecule has 1 aromatic carbocycles. The Morgan fingerprint density at radius 3 is 2.79 bits per heavy atom. The van der Waals surface area contributed by atoms with Crippen LogP contribution in [0.5, 0.6) is 11.5 Å². The second-order valence-electron chi connectivity index (χ2n) is 4.60. The van der Waals surface area contributed by atoms with Crippen LogP contribution in [0.1, 0.15) is 18.4 Å². The van der Waals surface area contributed by atoms with E-state index in [0.29, 0.717) is 17.5 Å². The van der Waals surface area contributed by atoms with Gasteiger partial charge in [-0.15, -0.1) is 0 Å². The predicted octanol–water partition coefficient (Wildman–Crippen LogP) is 1.07. The Kier molecular flexibility index (Phi) is 4.63. The number of rotatable bonds is 7. The normalized spacial score (nSPS) is 14.0. The molecule has 1 aromatic rings. The molecule has 0 atom stereocenters. The summed E-state index contributed by atoms with van der Waals surface area (Å²) in [5.74, 6) is 1.07. The number of ether oxygens (including phenoxy) is 2. The number of carbonyl (C=O) groups excluding carboxylic acids is 1. The molecule has 0 radical (unpaired) electrons. The number of nitrogens with one attached hydrogen (secondary N) is 2. The van der Waals surface area contributed by atoms with Crippen molar-refractivity contribution >= 4 is 5.91 Å². The van der Waals surface area contributed by atoms with Crippen molar-refractivity contribution in [2.24, 2.45) is 0 Å². The molecule has 0 unspecified atom stereocenters. The van der Waals surface area contributed by atoms with Crippen LogP contribution in [0.25, 0.3) is 0 Å². The van der Waals surface area contributed by atoms with Gasteiger partial charge in [-0.05, 0) is 30.5 Å². The molecule has 19 heavy (non-hydrogen) atoms. The minimum atomic E-state index is -0.163. The molecule has 1 saturated carbocycles. The molecular formula is C14H20N2O3. The van der Waals surface area contributed by atoms with Crippen LogP contribution in [0.3, 0.4) is 0 Å². The maximum atomic E-state index is 11.2. The van der Waals surface area contributed by atoms with E-state index in [4.69, 9.17) is 9.47 Å². The molecule has 2 N–H and O–H groups in total. The van der Waals surface area contributed by atoms with Crippen molar-refractivity contribution in [1.82, 2.24) is 10.6 Å². The number of methoxy groups -OCH3 is 1. The van der Waals surface area contributed by atoms with Gasteiger partial charge in [0.05, 0.1) is 7.11 Å². The Labute approximate surface area is 113 Å². The third-order valence-electron chi connectivity index (χ3n) is 3.04. The molecular weight excluding hydrogens is 244 g/mol. The fraction of sp³-hybridized carbons (Fsp3) is 0.500. The highest BCUT2D eigenvalue weighted by Crippen LogP contribution is 2.28. The summed E-state index contributed by atoms with van der Waals surface area (Å²) in [5, 5.41) is 5.96. The van der Waals surface area contributed by atoms with Gasteiger partial charge in [0.15, 0.2) is 18.1 Å². The zero-order valence-corrected chi connectivity index (χ0v) is 11.4. The standard InChI is InChI=1S/C14H20N2O3/c1-15-14(17)9-19-13-7-10(3-6-12(13)18-2)8-16-11-4-5-11/h3,6-7,11,16H,4-5,8-9H2,1-2H3,(H,15,17). The van der Waals surface area contributed by atoms with Crippen LogP contribution in [-0.4, -0.2) is 32.7 Å². The average molecular weight is 264 g/mol. The van der Waals surface area contributed by atoms with Crippen LogP contribution in [0.2, 0.25) is 0 Å². The summed E-state index contributed by atoms with van der Waals surface area (Å²) in [5.41, 5.74) is 1.12. The third-order valence-corrected chi connectivity index (χ3v) is 3.04. The van der Waals surface area contributed by atoms with Gasteiger partial charge in [0.1, 0.15) is 0 Å². The van der Waals surface area contributed by atoms with Crippen molar-refractivity contribution in [3.63, 3.8) is 0 Å². The average Bonchev–Trinajstić information content (AvgIpc) is 3.26. The molecule has 0 bridgehead atoms. The van der Waals surface area contributed by atoms with Gasteiger partial charge in [-0.25, -0.2) is 0 Å². The van der Waals surface area contributed by atoms with Gasteiger partial charge in [0, 0.05) is 19.6 Å². The van der Waals surface area contributed by atoms with E-state index in [-0.39, 0.29) is 12.5 Å². The first kappa shape index (κ1) is 13.7. The van der Waals surface area contributed by atoms with Gasteiger partial charge >= 0.3 is 0 Å². The largest absolute Gasteiger partial charge is 0.493 e. The Morgan fingerprint density at radius 1 is 1.37 bits per heavy atom. The van der Waals surface area contributed by atoms with Gasteiger partial charge in [0.25, 0.3) is 5.91 Å². The maximum absolute atomic E-state index is 11.2. The molecule has 0 aliphatic heterocycles. The van der Waals surface area contributed by atoms with Gasteiger partial charge < -0.3 is 20.1 Å². The fourth-order valence-corrected chi connectivity index (χ4v) is 1.71. The molecule has 5 heteroatoms. The fourth-order valence-electron chi connectivity index (χ4n) is 1.71. The molecule has 1 aliphatic carbocycles.